The number of nitrogens with zero attached hydrogens (tertiary/aromatic N) is 3. The fourth-order valence-electron chi connectivity index (χ4n) is 3.74. The number of anilines is 3. The highest BCUT2D eigenvalue weighted by Crippen LogP contribution is 2.32. The van der Waals surface area contributed by atoms with Crippen molar-refractivity contribution in [2.75, 3.05) is 11.1 Å². The van der Waals surface area contributed by atoms with Crippen molar-refractivity contribution in [1.29, 1.82) is 0 Å². The van der Waals surface area contributed by atoms with Gasteiger partial charge in [0.15, 0.2) is 0 Å². The van der Waals surface area contributed by atoms with E-state index in [1.807, 2.05) is 0 Å². The molecule has 0 unspecified atom stereocenters. The predicted molar refractivity (Wildman–Crippen MR) is 122 cm³/mol. The summed E-state index contributed by atoms with van der Waals surface area (Å²) in [7, 11) is 0. The van der Waals surface area contributed by atoms with Gasteiger partial charge in [-0.05, 0) is 54.6 Å². The van der Waals surface area contributed by atoms with Gasteiger partial charge in [0.1, 0.15) is 11.6 Å². The molecule has 6 nitrogen and oxygen atoms in total. The summed E-state index contributed by atoms with van der Waals surface area (Å²) in [6.07, 6.45) is -2.94. The van der Waals surface area contributed by atoms with Gasteiger partial charge in [-0.2, -0.15) is 13.2 Å². The summed E-state index contributed by atoms with van der Waals surface area (Å²) in [5, 5.41) is 4.35. The van der Waals surface area contributed by atoms with Crippen LogP contribution in [0.25, 0.3) is 27.5 Å². The fourth-order valence-corrected chi connectivity index (χ4v) is 3.74. The SMILES string of the molecule is Nc1cccc(Nc2ccc3ncc4ccc(=O)n(-c5cccc(C(F)(F)F)c5)c4c3c2)n1. The van der Waals surface area contributed by atoms with Crippen LogP contribution < -0.4 is 16.6 Å². The van der Waals surface area contributed by atoms with E-state index >= 15 is 0 Å². The summed E-state index contributed by atoms with van der Waals surface area (Å²) >= 11 is 0. The van der Waals surface area contributed by atoms with E-state index in [-0.39, 0.29) is 5.69 Å². The van der Waals surface area contributed by atoms with Crippen LogP contribution in [0, 0.1) is 0 Å². The zero-order valence-corrected chi connectivity index (χ0v) is 17.0. The minimum Gasteiger partial charge on any atom is -0.384 e. The Hall–Kier alpha value is -4.40. The average molecular weight is 447 g/mol. The Balaban J connectivity index is 1.75. The molecule has 0 bridgehead atoms. The number of nitrogen functional groups attached to an aromatic ring is 1. The van der Waals surface area contributed by atoms with Crippen LogP contribution in [0.2, 0.25) is 0 Å². The zero-order valence-electron chi connectivity index (χ0n) is 17.0. The van der Waals surface area contributed by atoms with Crippen LogP contribution in [0.1, 0.15) is 5.56 Å². The molecule has 2 aromatic carbocycles. The predicted octanol–water partition coefficient (Wildman–Crippen LogP) is 5.28. The number of hydrogen-bond acceptors (Lipinski definition) is 5. The second kappa shape index (κ2) is 7.63. The highest BCUT2D eigenvalue weighted by Gasteiger charge is 2.30. The first-order valence-electron chi connectivity index (χ1n) is 9.91. The van der Waals surface area contributed by atoms with Crippen LogP contribution in [0.15, 0.2) is 83.8 Å². The number of hydrogen-bond donors (Lipinski definition) is 2. The molecule has 3 N–H and O–H groups in total. The molecule has 0 spiro atoms. The van der Waals surface area contributed by atoms with Crippen LogP contribution in [0.5, 0.6) is 0 Å². The van der Waals surface area contributed by atoms with E-state index in [9.17, 15) is 18.0 Å². The van der Waals surface area contributed by atoms with Crippen LogP contribution in [-0.2, 0) is 6.18 Å². The summed E-state index contributed by atoms with van der Waals surface area (Å²) in [5.74, 6) is 0.879. The Labute approximate surface area is 185 Å². The molecule has 0 aliphatic carbocycles. The normalized spacial score (nSPS) is 11.7. The van der Waals surface area contributed by atoms with Crippen molar-refractivity contribution in [3.8, 4) is 5.69 Å². The van der Waals surface area contributed by atoms with Crippen molar-refractivity contribution in [2.45, 2.75) is 6.18 Å². The monoisotopic (exact) mass is 447 g/mol. The number of nitrogens with one attached hydrogen (secondary N) is 1. The molecule has 0 saturated heterocycles. The quantitative estimate of drug-likeness (QED) is 0.368. The van der Waals surface area contributed by atoms with Crippen molar-refractivity contribution < 1.29 is 13.2 Å². The summed E-state index contributed by atoms with van der Waals surface area (Å²) in [6.45, 7) is 0. The second-order valence-corrected chi connectivity index (χ2v) is 7.42. The van der Waals surface area contributed by atoms with Crippen molar-refractivity contribution in [3.63, 3.8) is 0 Å². The summed E-state index contributed by atoms with van der Waals surface area (Å²) in [5.41, 5.74) is 6.26. The molecule has 0 aliphatic heterocycles. The van der Waals surface area contributed by atoms with Gasteiger partial charge in [-0.1, -0.05) is 12.1 Å². The molecule has 0 atom stereocenters. The number of pyridine rings is 3. The lowest BCUT2D eigenvalue weighted by molar-refractivity contribution is -0.137. The van der Waals surface area contributed by atoms with Crippen LogP contribution in [0.4, 0.5) is 30.5 Å². The molecular weight excluding hydrogens is 431 g/mol. The number of aromatic nitrogens is 3. The molecule has 0 amide bonds. The molecule has 5 rings (SSSR count). The van der Waals surface area contributed by atoms with Gasteiger partial charge in [0.2, 0.25) is 0 Å². The molecule has 0 aliphatic rings. The lowest BCUT2D eigenvalue weighted by atomic mass is 10.1. The largest absolute Gasteiger partial charge is 0.416 e. The van der Waals surface area contributed by atoms with E-state index in [1.165, 1.54) is 22.8 Å². The van der Waals surface area contributed by atoms with E-state index in [0.717, 1.165) is 12.1 Å². The third kappa shape index (κ3) is 3.84. The van der Waals surface area contributed by atoms with Crippen molar-refractivity contribution in [2.24, 2.45) is 0 Å². The molecule has 5 aromatic rings. The van der Waals surface area contributed by atoms with E-state index in [0.29, 0.717) is 39.1 Å². The summed E-state index contributed by atoms with van der Waals surface area (Å²) in [4.78, 5) is 21.5. The number of benzene rings is 2. The minimum atomic E-state index is -4.53. The number of fused-ring (bicyclic) bond motifs is 3. The van der Waals surface area contributed by atoms with E-state index < -0.39 is 17.3 Å². The first-order chi connectivity index (χ1) is 15.8. The fraction of sp³-hybridized carbons (Fsp3) is 0.0417. The first-order valence-corrected chi connectivity index (χ1v) is 9.91. The maximum absolute atomic E-state index is 13.3. The van der Waals surface area contributed by atoms with Crippen LogP contribution in [0.3, 0.4) is 0 Å². The molecule has 3 heterocycles. The smallest absolute Gasteiger partial charge is 0.384 e. The van der Waals surface area contributed by atoms with Gasteiger partial charge in [-0.3, -0.25) is 14.3 Å². The highest BCUT2D eigenvalue weighted by molar-refractivity contribution is 6.05. The topological polar surface area (TPSA) is 85.8 Å². The third-order valence-corrected chi connectivity index (χ3v) is 5.19. The van der Waals surface area contributed by atoms with Gasteiger partial charge in [0.25, 0.3) is 5.56 Å². The number of nitrogens with two attached hydrogens (primary N) is 1. The zero-order chi connectivity index (χ0) is 23.2. The summed E-state index contributed by atoms with van der Waals surface area (Å²) in [6, 6.07) is 18.1. The molecular formula is C24H16F3N5O. The van der Waals surface area contributed by atoms with E-state index in [1.54, 1.807) is 48.7 Å². The van der Waals surface area contributed by atoms with Crippen LogP contribution >= 0.6 is 0 Å². The van der Waals surface area contributed by atoms with Gasteiger partial charge in [0, 0.05) is 34.4 Å². The van der Waals surface area contributed by atoms with E-state index in [2.05, 4.69) is 15.3 Å². The molecule has 9 heteroatoms. The van der Waals surface area contributed by atoms with E-state index in [4.69, 9.17) is 5.73 Å². The molecule has 0 saturated carbocycles. The van der Waals surface area contributed by atoms with Gasteiger partial charge in [-0.15, -0.1) is 0 Å². The first kappa shape index (κ1) is 20.5. The number of rotatable bonds is 3. The Morgan fingerprint density at radius 3 is 2.55 bits per heavy atom. The molecule has 0 radical (unpaired) electrons. The Morgan fingerprint density at radius 2 is 1.76 bits per heavy atom. The Bertz CT molecular complexity index is 1580. The molecule has 3 aromatic heterocycles. The average Bonchev–Trinajstić information content (AvgIpc) is 2.78. The highest BCUT2D eigenvalue weighted by atomic mass is 19.4. The minimum absolute atomic E-state index is 0.115. The number of alkyl halides is 3. The van der Waals surface area contributed by atoms with Gasteiger partial charge < -0.3 is 11.1 Å². The molecule has 164 valence electrons. The van der Waals surface area contributed by atoms with Crippen molar-refractivity contribution in [1.82, 2.24) is 14.5 Å². The number of halogens is 3. The van der Waals surface area contributed by atoms with Crippen LogP contribution in [-0.4, -0.2) is 14.5 Å². The molecule has 33 heavy (non-hydrogen) atoms. The van der Waals surface area contributed by atoms with Gasteiger partial charge in [-0.25, -0.2) is 4.98 Å². The lowest BCUT2D eigenvalue weighted by Crippen LogP contribution is -2.18. The lowest BCUT2D eigenvalue weighted by Gasteiger charge is -2.15. The standard InChI is InChI=1S/C24H16F3N5O/c25-24(26,27)15-3-1-4-17(11-15)32-22(33)10-7-14-13-29-19-9-8-16(12-18(19)23(14)32)30-21-6-2-5-20(28)31-21/h1-13H,(H3,28,30,31). The van der Waals surface area contributed by atoms with Crippen molar-refractivity contribution >= 4 is 39.1 Å². The Morgan fingerprint density at radius 1 is 0.939 bits per heavy atom. The third-order valence-electron chi connectivity index (χ3n) is 5.19. The van der Waals surface area contributed by atoms with Gasteiger partial charge in [0.05, 0.1) is 16.6 Å². The van der Waals surface area contributed by atoms with Gasteiger partial charge >= 0.3 is 6.18 Å². The maximum Gasteiger partial charge on any atom is 0.416 e. The molecule has 0 fully saturated rings. The summed E-state index contributed by atoms with van der Waals surface area (Å²) < 4.78 is 41.2. The second-order valence-electron chi connectivity index (χ2n) is 7.42. The maximum atomic E-state index is 13.3. The Kier molecular flexibility index (Phi) is 4.74. The van der Waals surface area contributed by atoms with Crippen molar-refractivity contribution in [3.05, 3.63) is 94.9 Å².